The Labute approximate surface area is 95.3 Å². The summed E-state index contributed by atoms with van der Waals surface area (Å²) in [6.45, 7) is 0. The quantitative estimate of drug-likeness (QED) is 0.801. The van der Waals surface area contributed by atoms with Gasteiger partial charge >= 0.3 is 5.97 Å². The van der Waals surface area contributed by atoms with Crippen molar-refractivity contribution in [3.8, 4) is 0 Å². The number of hydrogen-bond donors (Lipinski definition) is 2. The van der Waals surface area contributed by atoms with E-state index in [4.69, 9.17) is 5.11 Å². The van der Waals surface area contributed by atoms with E-state index in [9.17, 15) is 18.0 Å². The SMILES string of the molecule is O=C(O)C(Nc1cc(F)c(F)c(F)c1)C1CC1. The molecule has 92 valence electrons. The molecule has 17 heavy (non-hydrogen) atoms. The number of carbonyl (C=O) groups is 1. The van der Waals surface area contributed by atoms with Crippen LogP contribution in [0.25, 0.3) is 0 Å². The van der Waals surface area contributed by atoms with Crippen LogP contribution in [0.1, 0.15) is 12.8 Å². The Morgan fingerprint density at radius 2 is 1.82 bits per heavy atom. The zero-order valence-corrected chi connectivity index (χ0v) is 8.71. The molecule has 0 amide bonds. The first-order valence-corrected chi connectivity index (χ1v) is 5.13. The molecule has 1 aromatic rings. The first-order valence-electron chi connectivity index (χ1n) is 5.13. The van der Waals surface area contributed by atoms with Gasteiger partial charge in [0.05, 0.1) is 0 Å². The van der Waals surface area contributed by atoms with Gasteiger partial charge in [0.1, 0.15) is 6.04 Å². The topological polar surface area (TPSA) is 49.3 Å². The minimum Gasteiger partial charge on any atom is -0.480 e. The van der Waals surface area contributed by atoms with Crippen LogP contribution in [0, 0.1) is 23.4 Å². The predicted octanol–water partition coefficient (Wildman–Crippen LogP) is 2.38. The van der Waals surface area contributed by atoms with Crippen molar-refractivity contribution in [3.63, 3.8) is 0 Å². The molecule has 3 nitrogen and oxygen atoms in total. The number of halogens is 3. The minimum absolute atomic E-state index is 0.0383. The van der Waals surface area contributed by atoms with Crippen molar-refractivity contribution < 1.29 is 23.1 Å². The highest BCUT2D eigenvalue weighted by Gasteiger charge is 2.36. The smallest absolute Gasteiger partial charge is 0.326 e. The van der Waals surface area contributed by atoms with Crippen LogP contribution in [-0.4, -0.2) is 17.1 Å². The van der Waals surface area contributed by atoms with Crippen LogP contribution in [0.2, 0.25) is 0 Å². The van der Waals surface area contributed by atoms with Gasteiger partial charge in [-0.05, 0) is 18.8 Å². The molecule has 1 aliphatic carbocycles. The van der Waals surface area contributed by atoms with Crippen molar-refractivity contribution in [2.24, 2.45) is 5.92 Å². The standard InChI is InChI=1S/C11H10F3NO2/c12-7-3-6(4-8(13)9(7)14)15-10(11(16)17)5-1-2-5/h3-5,10,15H,1-2H2,(H,16,17). The number of carboxylic acids is 1. The Morgan fingerprint density at radius 3 is 2.24 bits per heavy atom. The molecular formula is C11H10F3NO2. The molecule has 1 unspecified atom stereocenters. The fourth-order valence-electron chi connectivity index (χ4n) is 1.63. The van der Waals surface area contributed by atoms with E-state index < -0.39 is 29.5 Å². The normalized spacial score (nSPS) is 16.6. The van der Waals surface area contributed by atoms with Crippen molar-refractivity contribution in [1.29, 1.82) is 0 Å². The lowest BCUT2D eigenvalue weighted by molar-refractivity contribution is -0.138. The highest BCUT2D eigenvalue weighted by Crippen LogP contribution is 2.34. The van der Waals surface area contributed by atoms with Gasteiger partial charge in [0.2, 0.25) is 0 Å². The zero-order valence-electron chi connectivity index (χ0n) is 8.71. The van der Waals surface area contributed by atoms with Crippen LogP contribution in [0.15, 0.2) is 12.1 Å². The van der Waals surface area contributed by atoms with E-state index >= 15 is 0 Å². The summed E-state index contributed by atoms with van der Waals surface area (Å²) in [6, 6.07) is 0.604. The summed E-state index contributed by atoms with van der Waals surface area (Å²) < 4.78 is 38.5. The van der Waals surface area contributed by atoms with Crippen LogP contribution < -0.4 is 5.32 Å². The van der Waals surface area contributed by atoms with E-state index in [-0.39, 0.29) is 11.6 Å². The fraction of sp³-hybridized carbons (Fsp3) is 0.364. The van der Waals surface area contributed by atoms with E-state index in [1.54, 1.807) is 0 Å². The molecular weight excluding hydrogens is 235 g/mol. The number of nitrogens with one attached hydrogen (secondary N) is 1. The van der Waals surface area contributed by atoms with Crippen LogP contribution in [0.4, 0.5) is 18.9 Å². The second kappa shape index (κ2) is 4.27. The van der Waals surface area contributed by atoms with E-state index in [2.05, 4.69) is 5.32 Å². The van der Waals surface area contributed by atoms with Crippen LogP contribution in [-0.2, 0) is 4.79 Å². The fourth-order valence-corrected chi connectivity index (χ4v) is 1.63. The monoisotopic (exact) mass is 245 g/mol. The van der Waals surface area contributed by atoms with Gasteiger partial charge in [-0.2, -0.15) is 0 Å². The molecule has 1 fully saturated rings. The largest absolute Gasteiger partial charge is 0.480 e. The maximum absolute atomic E-state index is 12.9. The number of benzene rings is 1. The van der Waals surface area contributed by atoms with Gasteiger partial charge in [-0.15, -0.1) is 0 Å². The number of aliphatic carboxylic acids is 1. The Bertz CT molecular complexity index is 437. The maximum Gasteiger partial charge on any atom is 0.326 e. The molecule has 0 heterocycles. The third kappa shape index (κ3) is 2.51. The second-order valence-corrected chi connectivity index (χ2v) is 4.05. The van der Waals surface area contributed by atoms with Gasteiger partial charge in [0.25, 0.3) is 0 Å². The summed E-state index contributed by atoms with van der Waals surface area (Å²) in [5.74, 6) is -5.37. The van der Waals surface area contributed by atoms with Crippen LogP contribution in [0.5, 0.6) is 0 Å². The first kappa shape index (κ1) is 11.8. The summed E-state index contributed by atoms with van der Waals surface area (Å²) in [7, 11) is 0. The second-order valence-electron chi connectivity index (χ2n) is 4.05. The third-order valence-electron chi connectivity index (χ3n) is 2.67. The number of rotatable bonds is 4. The number of carboxylic acid groups (broad SMARTS) is 1. The Kier molecular flexibility index (Phi) is 2.95. The molecule has 1 atom stereocenters. The number of anilines is 1. The predicted molar refractivity (Wildman–Crippen MR) is 54.1 cm³/mol. The van der Waals surface area contributed by atoms with E-state index in [0.717, 1.165) is 25.0 Å². The van der Waals surface area contributed by atoms with Gasteiger partial charge in [0, 0.05) is 17.8 Å². The molecule has 0 bridgehead atoms. The van der Waals surface area contributed by atoms with E-state index in [0.29, 0.717) is 0 Å². The Morgan fingerprint density at radius 1 is 1.29 bits per heavy atom. The summed E-state index contributed by atoms with van der Waals surface area (Å²) in [5, 5.41) is 11.4. The van der Waals surface area contributed by atoms with E-state index in [1.165, 1.54) is 0 Å². The molecule has 2 N–H and O–H groups in total. The van der Waals surface area contributed by atoms with E-state index in [1.807, 2.05) is 0 Å². The average molecular weight is 245 g/mol. The molecule has 1 saturated carbocycles. The van der Waals surface area contributed by atoms with Crippen molar-refractivity contribution in [2.45, 2.75) is 18.9 Å². The molecule has 1 aliphatic rings. The Hall–Kier alpha value is -1.72. The molecule has 0 saturated heterocycles. The zero-order chi connectivity index (χ0) is 12.6. The van der Waals surface area contributed by atoms with Crippen molar-refractivity contribution in [3.05, 3.63) is 29.6 Å². The van der Waals surface area contributed by atoms with Gasteiger partial charge in [-0.25, -0.2) is 18.0 Å². The van der Waals surface area contributed by atoms with Crippen molar-refractivity contribution >= 4 is 11.7 Å². The Balaban J connectivity index is 2.20. The highest BCUT2D eigenvalue weighted by molar-refractivity contribution is 5.78. The van der Waals surface area contributed by atoms with Gasteiger partial charge in [-0.3, -0.25) is 0 Å². The summed E-state index contributed by atoms with van der Waals surface area (Å²) in [4.78, 5) is 10.9. The first-order chi connectivity index (χ1) is 7.99. The highest BCUT2D eigenvalue weighted by atomic mass is 19.2. The lowest BCUT2D eigenvalue weighted by Gasteiger charge is -2.15. The molecule has 0 radical (unpaired) electrons. The lowest BCUT2D eigenvalue weighted by atomic mass is 10.1. The molecule has 6 heteroatoms. The van der Waals surface area contributed by atoms with Gasteiger partial charge in [0.15, 0.2) is 17.5 Å². The number of hydrogen-bond acceptors (Lipinski definition) is 2. The summed E-state index contributed by atoms with van der Waals surface area (Å²) >= 11 is 0. The van der Waals surface area contributed by atoms with Gasteiger partial charge in [-0.1, -0.05) is 0 Å². The van der Waals surface area contributed by atoms with Crippen molar-refractivity contribution in [1.82, 2.24) is 0 Å². The van der Waals surface area contributed by atoms with Crippen LogP contribution in [0.3, 0.4) is 0 Å². The minimum atomic E-state index is -1.56. The third-order valence-corrected chi connectivity index (χ3v) is 2.67. The van der Waals surface area contributed by atoms with Crippen molar-refractivity contribution in [2.75, 3.05) is 5.32 Å². The molecule has 2 rings (SSSR count). The molecule has 0 aliphatic heterocycles. The van der Waals surface area contributed by atoms with Crippen LogP contribution >= 0.6 is 0 Å². The average Bonchev–Trinajstić information content (AvgIpc) is 3.05. The van der Waals surface area contributed by atoms with Gasteiger partial charge < -0.3 is 10.4 Å². The summed E-state index contributed by atoms with van der Waals surface area (Å²) in [6.07, 6.45) is 1.52. The molecule has 1 aromatic carbocycles. The molecule has 0 spiro atoms. The maximum atomic E-state index is 12.9. The molecule has 0 aromatic heterocycles. The lowest BCUT2D eigenvalue weighted by Crippen LogP contribution is -2.31. The summed E-state index contributed by atoms with van der Waals surface area (Å²) in [5.41, 5.74) is -0.0688.